The Balaban J connectivity index is 1.46. The molecule has 3 heterocycles. The number of likely N-dealkylation sites (tertiary alicyclic amines) is 1. The maximum absolute atomic E-state index is 13.5. The van der Waals surface area contributed by atoms with Gasteiger partial charge in [0.2, 0.25) is 5.91 Å². The van der Waals surface area contributed by atoms with Gasteiger partial charge in [0, 0.05) is 18.8 Å². The van der Waals surface area contributed by atoms with Crippen molar-refractivity contribution >= 4 is 16.9 Å². The van der Waals surface area contributed by atoms with Crippen LogP contribution in [0.3, 0.4) is 0 Å². The van der Waals surface area contributed by atoms with Crippen molar-refractivity contribution in [3.05, 3.63) is 58.9 Å². The molecule has 4 rings (SSSR count). The predicted octanol–water partition coefficient (Wildman–Crippen LogP) is 4.55. The lowest BCUT2D eigenvalue weighted by Crippen LogP contribution is -2.40. The molecular formula is C23H25F3N4O. The highest BCUT2D eigenvalue weighted by Crippen LogP contribution is 2.36. The average molecular weight is 430 g/mol. The third-order valence-electron chi connectivity index (χ3n) is 5.93. The minimum atomic E-state index is -4.50. The molecule has 5 nitrogen and oxygen atoms in total. The molecule has 0 atom stereocenters. The fraction of sp³-hybridized carbons (Fsp3) is 0.435. The number of aryl methyl sites for hydroxylation is 2. The van der Waals surface area contributed by atoms with E-state index >= 15 is 0 Å². The number of rotatable bonds is 4. The van der Waals surface area contributed by atoms with Crippen molar-refractivity contribution < 1.29 is 18.0 Å². The van der Waals surface area contributed by atoms with Crippen LogP contribution >= 0.6 is 0 Å². The summed E-state index contributed by atoms with van der Waals surface area (Å²) >= 11 is 0. The smallest absolute Gasteiger partial charge is 0.341 e. The summed E-state index contributed by atoms with van der Waals surface area (Å²) in [6.45, 7) is 4.22. The van der Waals surface area contributed by atoms with E-state index in [1.165, 1.54) is 24.1 Å². The van der Waals surface area contributed by atoms with Gasteiger partial charge in [-0.1, -0.05) is 30.3 Å². The third-order valence-corrected chi connectivity index (χ3v) is 5.93. The number of aromatic nitrogens is 3. The van der Waals surface area contributed by atoms with Crippen LogP contribution in [0.2, 0.25) is 0 Å². The Morgan fingerprint density at radius 1 is 1.13 bits per heavy atom. The molecule has 0 aliphatic carbocycles. The highest BCUT2D eigenvalue weighted by atomic mass is 19.4. The zero-order valence-electron chi connectivity index (χ0n) is 17.6. The van der Waals surface area contributed by atoms with E-state index in [4.69, 9.17) is 0 Å². The van der Waals surface area contributed by atoms with Crippen LogP contribution in [0.4, 0.5) is 13.2 Å². The average Bonchev–Trinajstić information content (AvgIpc) is 3.03. The number of hydrogen-bond donors (Lipinski definition) is 0. The highest BCUT2D eigenvalue weighted by molar-refractivity contribution is 5.85. The minimum absolute atomic E-state index is 0.0348. The summed E-state index contributed by atoms with van der Waals surface area (Å²) in [5, 5.41) is 4.18. The van der Waals surface area contributed by atoms with Crippen molar-refractivity contribution in [1.82, 2.24) is 19.7 Å². The lowest BCUT2D eigenvalue weighted by Gasteiger charge is -2.32. The predicted molar refractivity (Wildman–Crippen MR) is 111 cm³/mol. The van der Waals surface area contributed by atoms with Crippen LogP contribution in [0.5, 0.6) is 0 Å². The molecule has 1 saturated heterocycles. The third kappa shape index (κ3) is 4.57. The topological polar surface area (TPSA) is 51.0 Å². The molecule has 2 aromatic heterocycles. The number of piperidine rings is 1. The first-order valence-corrected chi connectivity index (χ1v) is 10.5. The molecule has 1 fully saturated rings. The maximum Gasteiger partial charge on any atom is 0.417 e. The molecule has 0 saturated carbocycles. The van der Waals surface area contributed by atoms with Gasteiger partial charge in [-0.3, -0.25) is 4.79 Å². The molecule has 0 radical (unpaired) electrons. The summed E-state index contributed by atoms with van der Waals surface area (Å²) in [7, 11) is 0. The van der Waals surface area contributed by atoms with E-state index in [-0.39, 0.29) is 34.9 Å². The Bertz CT molecular complexity index is 1080. The molecule has 164 valence electrons. The Kier molecular flexibility index (Phi) is 5.73. The number of amides is 1. The molecule has 31 heavy (non-hydrogen) atoms. The minimum Gasteiger partial charge on any atom is -0.341 e. The van der Waals surface area contributed by atoms with Gasteiger partial charge in [0.1, 0.15) is 6.54 Å². The Labute approximate surface area is 178 Å². The van der Waals surface area contributed by atoms with Crippen molar-refractivity contribution in [3.8, 4) is 0 Å². The first kappa shape index (κ1) is 21.3. The van der Waals surface area contributed by atoms with E-state index in [2.05, 4.69) is 22.2 Å². The second kappa shape index (κ2) is 8.32. The largest absolute Gasteiger partial charge is 0.417 e. The van der Waals surface area contributed by atoms with Gasteiger partial charge in [-0.2, -0.15) is 18.3 Å². The van der Waals surface area contributed by atoms with Gasteiger partial charge in [-0.25, -0.2) is 9.67 Å². The zero-order valence-corrected chi connectivity index (χ0v) is 17.6. The summed E-state index contributed by atoms with van der Waals surface area (Å²) in [6, 6.07) is 11.3. The number of benzene rings is 1. The molecule has 8 heteroatoms. The van der Waals surface area contributed by atoms with E-state index < -0.39 is 11.7 Å². The molecule has 3 aromatic rings. The lowest BCUT2D eigenvalue weighted by molar-refractivity contribution is -0.136. The zero-order chi connectivity index (χ0) is 22.2. The summed E-state index contributed by atoms with van der Waals surface area (Å²) in [5.41, 5.74) is 1.12. The van der Waals surface area contributed by atoms with Gasteiger partial charge < -0.3 is 4.90 Å². The molecule has 0 spiro atoms. The molecule has 1 aliphatic heterocycles. The van der Waals surface area contributed by atoms with Crippen molar-refractivity contribution in [2.24, 2.45) is 5.92 Å². The molecule has 1 aromatic carbocycles. The second-order valence-electron chi connectivity index (χ2n) is 8.26. The normalized spacial score (nSPS) is 15.6. The number of alkyl halides is 3. The van der Waals surface area contributed by atoms with Crippen LogP contribution in [0.1, 0.15) is 35.4 Å². The van der Waals surface area contributed by atoms with Crippen LogP contribution in [-0.4, -0.2) is 38.7 Å². The molecule has 1 aliphatic rings. The van der Waals surface area contributed by atoms with Crippen LogP contribution in [-0.2, 0) is 23.9 Å². The Morgan fingerprint density at radius 3 is 2.45 bits per heavy atom. The molecule has 0 N–H and O–H groups in total. The molecular weight excluding hydrogens is 405 g/mol. The summed E-state index contributed by atoms with van der Waals surface area (Å²) in [5.74, 6) is 0.386. The van der Waals surface area contributed by atoms with Crippen LogP contribution < -0.4 is 0 Å². The molecule has 0 bridgehead atoms. The molecule has 1 amide bonds. The van der Waals surface area contributed by atoms with Crippen LogP contribution in [0, 0.1) is 19.8 Å². The van der Waals surface area contributed by atoms with Crippen molar-refractivity contribution in [2.75, 3.05) is 13.1 Å². The maximum atomic E-state index is 13.5. The van der Waals surface area contributed by atoms with Crippen LogP contribution in [0.25, 0.3) is 11.0 Å². The van der Waals surface area contributed by atoms with Crippen molar-refractivity contribution in [2.45, 2.75) is 45.8 Å². The van der Waals surface area contributed by atoms with E-state index in [1.54, 1.807) is 4.90 Å². The van der Waals surface area contributed by atoms with Crippen LogP contribution in [0.15, 0.2) is 36.4 Å². The van der Waals surface area contributed by atoms with E-state index in [0.29, 0.717) is 19.0 Å². The van der Waals surface area contributed by atoms with Gasteiger partial charge in [0.15, 0.2) is 5.65 Å². The lowest BCUT2D eigenvalue weighted by atomic mass is 9.90. The monoisotopic (exact) mass is 430 g/mol. The van der Waals surface area contributed by atoms with E-state index in [1.807, 2.05) is 18.2 Å². The van der Waals surface area contributed by atoms with Gasteiger partial charge in [0.25, 0.3) is 0 Å². The number of carbonyl (C=O) groups is 1. The van der Waals surface area contributed by atoms with Gasteiger partial charge >= 0.3 is 6.18 Å². The standard InChI is InChI=1S/C23H25F3N4O/c1-15-12-19(23(24,25)26)21-16(2)28-30(22(21)27-15)14-20(31)29-10-8-18(9-11-29)13-17-6-4-3-5-7-17/h3-7,12,18H,8-11,13-14H2,1-2H3. The second-order valence-corrected chi connectivity index (χ2v) is 8.26. The number of nitrogens with zero attached hydrogens (tertiary/aromatic N) is 4. The van der Waals surface area contributed by atoms with E-state index in [9.17, 15) is 18.0 Å². The number of pyridine rings is 1. The quantitative estimate of drug-likeness (QED) is 0.610. The number of fused-ring (bicyclic) bond motifs is 1. The summed E-state index contributed by atoms with van der Waals surface area (Å²) in [4.78, 5) is 18.9. The summed E-state index contributed by atoms with van der Waals surface area (Å²) in [6.07, 6.45) is -1.69. The van der Waals surface area contributed by atoms with Gasteiger partial charge in [-0.05, 0) is 50.7 Å². The van der Waals surface area contributed by atoms with E-state index in [0.717, 1.165) is 25.3 Å². The first-order valence-electron chi connectivity index (χ1n) is 10.5. The van der Waals surface area contributed by atoms with Gasteiger partial charge in [-0.15, -0.1) is 0 Å². The SMILES string of the molecule is Cc1cc(C(F)(F)F)c2c(C)nn(CC(=O)N3CCC(Cc4ccccc4)CC3)c2n1. The Hall–Kier alpha value is -2.90. The van der Waals surface area contributed by atoms with Crippen molar-refractivity contribution in [3.63, 3.8) is 0 Å². The van der Waals surface area contributed by atoms with Gasteiger partial charge in [0.05, 0.1) is 16.6 Å². The summed E-state index contributed by atoms with van der Waals surface area (Å²) < 4.78 is 41.8. The Morgan fingerprint density at radius 2 is 1.81 bits per heavy atom. The van der Waals surface area contributed by atoms with Crippen molar-refractivity contribution in [1.29, 1.82) is 0 Å². The number of hydrogen-bond acceptors (Lipinski definition) is 3. The molecule has 0 unspecified atom stereocenters. The highest BCUT2D eigenvalue weighted by Gasteiger charge is 2.35. The fourth-order valence-corrected chi connectivity index (χ4v) is 4.37. The first-order chi connectivity index (χ1) is 14.7. The number of halogens is 3. The fourth-order valence-electron chi connectivity index (χ4n) is 4.37. The number of carbonyl (C=O) groups excluding carboxylic acids is 1.